The van der Waals surface area contributed by atoms with Gasteiger partial charge in [0.25, 0.3) is 0 Å². The molecular weight excluding hydrogens is 458 g/mol. The van der Waals surface area contributed by atoms with E-state index in [9.17, 15) is 24.9 Å². The fourth-order valence-electron chi connectivity index (χ4n) is 3.43. The second-order valence-electron chi connectivity index (χ2n) is 7.65. The number of aromatic nitrogens is 1. The first-order chi connectivity index (χ1) is 15.7. The Bertz CT molecular complexity index is 1180. The predicted octanol–water partition coefficient (Wildman–Crippen LogP) is 1.69. The van der Waals surface area contributed by atoms with Gasteiger partial charge >= 0.3 is 11.9 Å². The lowest BCUT2D eigenvalue weighted by molar-refractivity contribution is -0.286. The molecule has 10 nitrogen and oxygen atoms in total. The molecule has 33 heavy (non-hydrogen) atoms. The zero-order valence-corrected chi connectivity index (χ0v) is 17.9. The molecule has 0 amide bonds. The van der Waals surface area contributed by atoms with Gasteiger partial charge < -0.3 is 34.3 Å². The van der Waals surface area contributed by atoms with Crippen molar-refractivity contribution in [2.24, 2.45) is 0 Å². The van der Waals surface area contributed by atoms with Gasteiger partial charge in [0.05, 0.1) is 5.92 Å². The summed E-state index contributed by atoms with van der Waals surface area (Å²) in [5, 5.41) is 39.3. The summed E-state index contributed by atoms with van der Waals surface area (Å²) in [5.74, 6) is -2.89. The minimum absolute atomic E-state index is 0.375. The molecule has 3 aromatic rings. The Morgan fingerprint density at radius 2 is 1.76 bits per heavy atom. The van der Waals surface area contributed by atoms with Crippen LogP contribution in [0.1, 0.15) is 18.4 Å². The lowest BCUT2D eigenvalue weighted by Gasteiger charge is -2.38. The maximum absolute atomic E-state index is 12.7. The number of aliphatic hydroxyl groups excluding tert-OH is 3. The van der Waals surface area contributed by atoms with Crippen LogP contribution in [0.3, 0.4) is 0 Å². The van der Waals surface area contributed by atoms with E-state index in [4.69, 9.17) is 30.6 Å². The fourth-order valence-corrected chi connectivity index (χ4v) is 3.56. The number of hydrogen-bond acceptors (Lipinski definition) is 9. The standard InChI is InChI=1S/C22H20ClNO9/c1-9(21(30)33-22-17(27)15(25)16(26)18(32-22)20(28)29)11-4-7-14-13(8-11)24-19(31-14)10-2-5-12(23)6-3-10/h2-9,15-18,22,25-27H,1H3,(H,28,29)/t9?,15-,16-,17+,18-,22-/m1/s1. The lowest BCUT2D eigenvalue weighted by atomic mass is 9.98. The van der Waals surface area contributed by atoms with Crippen molar-refractivity contribution in [1.29, 1.82) is 0 Å². The molecule has 4 N–H and O–H groups in total. The summed E-state index contributed by atoms with van der Waals surface area (Å²) in [5.41, 5.74) is 2.23. The summed E-state index contributed by atoms with van der Waals surface area (Å²) < 4.78 is 15.9. The van der Waals surface area contributed by atoms with E-state index in [2.05, 4.69) is 4.98 Å². The van der Waals surface area contributed by atoms with Crippen molar-refractivity contribution in [1.82, 2.24) is 4.98 Å². The summed E-state index contributed by atoms with van der Waals surface area (Å²) in [6.07, 6.45) is -9.22. The maximum Gasteiger partial charge on any atom is 0.335 e. The van der Waals surface area contributed by atoms with Gasteiger partial charge in [-0.2, -0.15) is 0 Å². The first kappa shape index (κ1) is 23.1. The zero-order valence-electron chi connectivity index (χ0n) is 17.2. The Kier molecular flexibility index (Phi) is 6.37. The van der Waals surface area contributed by atoms with Crippen molar-refractivity contribution in [3.05, 3.63) is 53.1 Å². The van der Waals surface area contributed by atoms with Crippen LogP contribution in [-0.2, 0) is 19.1 Å². The molecule has 2 aromatic carbocycles. The molecule has 0 radical (unpaired) electrons. The van der Waals surface area contributed by atoms with E-state index in [1.54, 1.807) is 49.4 Å². The number of benzene rings is 2. The second kappa shape index (κ2) is 9.08. The topological polar surface area (TPSA) is 160 Å². The second-order valence-corrected chi connectivity index (χ2v) is 8.08. The third-order valence-electron chi connectivity index (χ3n) is 5.40. The Hall–Kier alpha value is -3.02. The maximum atomic E-state index is 12.7. The van der Waals surface area contributed by atoms with Crippen LogP contribution < -0.4 is 0 Å². The molecule has 0 aliphatic carbocycles. The highest BCUT2D eigenvalue weighted by Gasteiger charge is 2.48. The van der Waals surface area contributed by atoms with Gasteiger partial charge in [0.2, 0.25) is 12.2 Å². The molecule has 1 fully saturated rings. The van der Waals surface area contributed by atoms with Crippen LogP contribution in [0.25, 0.3) is 22.6 Å². The van der Waals surface area contributed by atoms with Crippen molar-refractivity contribution < 1.29 is 43.9 Å². The fraction of sp³-hybridized carbons (Fsp3) is 0.318. The molecule has 1 aliphatic rings. The van der Waals surface area contributed by atoms with E-state index in [1.807, 2.05) is 0 Å². The summed E-state index contributed by atoms with van der Waals surface area (Å²) in [4.78, 5) is 28.3. The van der Waals surface area contributed by atoms with E-state index in [0.29, 0.717) is 27.6 Å². The molecule has 11 heteroatoms. The number of oxazole rings is 1. The van der Waals surface area contributed by atoms with Crippen LogP contribution in [0, 0.1) is 0 Å². The van der Waals surface area contributed by atoms with E-state index < -0.39 is 48.6 Å². The summed E-state index contributed by atoms with van der Waals surface area (Å²) in [6, 6.07) is 11.9. The molecule has 0 spiro atoms. The van der Waals surface area contributed by atoms with E-state index in [-0.39, 0.29) is 0 Å². The van der Waals surface area contributed by atoms with Crippen molar-refractivity contribution in [2.45, 2.75) is 43.5 Å². The summed E-state index contributed by atoms with van der Waals surface area (Å²) in [7, 11) is 0. The summed E-state index contributed by atoms with van der Waals surface area (Å²) >= 11 is 5.91. The number of carboxylic acid groups (broad SMARTS) is 1. The van der Waals surface area contributed by atoms with E-state index in [1.165, 1.54) is 0 Å². The Morgan fingerprint density at radius 1 is 1.06 bits per heavy atom. The van der Waals surface area contributed by atoms with Crippen molar-refractivity contribution >= 4 is 34.6 Å². The zero-order chi connectivity index (χ0) is 23.9. The highest BCUT2D eigenvalue weighted by atomic mass is 35.5. The van der Waals surface area contributed by atoms with Crippen molar-refractivity contribution in [3.8, 4) is 11.5 Å². The number of ether oxygens (including phenoxy) is 2. The number of rotatable bonds is 5. The van der Waals surface area contributed by atoms with Crippen LogP contribution in [-0.4, -0.2) is 68.1 Å². The minimum atomic E-state index is -1.88. The number of fused-ring (bicyclic) bond motifs is 1. The average molecular weight is 478 g/mol. The minimum Gasteiger partial charge on any atom is -0.479 e. The smallest absolute Gasteiger partial charge is 0.335 e. The molecule has 1 unspecified atom stereocenters. The van der Waals surface area contributed by atoms with Crippen LogP contribution >= 0.6 is 11.6 Å². The molecule has 1 saturated heterocycles. The average Bonchev–Trinajstić information content (AvgIpc) is 3.22. The van der Waals surface area contributed by atoms with Crippen LogP contribution in [0.2, 0.25) is 5.02 Å². The molecule has 0 bridgehead atoms. The Labute approximate surface area is 191 Å². The molecular formula is C22H20ClNO9. The third kappa shape index (κ3) is 4.56. The van der Waals surface area contributed by atoms with Crippen molar-refractivity contribution in [3.63, 3.8) is 0 Å². The quantitative estimate of drug-likeness (QED) is 0.398. The first-order valence-corrected chi connectivity index (χ1v) is 10.3. The number of carboxylic acids is 1. The van der Waals surface area contributed by atoms with Crippen LogP contribution in [0.4, 0.5) is 0 Å². The molecule has 2 heterocycles. The summed E-state index contributed by atoms with van der Waals surface area (Å²) in [6.45, 7) is 1.54. The molecule has 6 atom stereocenters. The Balaban J connectivity index is 1.51. The molecule has 4 rings (SSSR count). The predicted molar refractivity (Wildman–Crippen MR) is 113 cm³/mol. The van der Waals surface area contributed by atoms with Gasteiger partial charge in [0.15, 0.2) is 11.7 Å². The monoisotopic (exact) mass is 477 g/mol. The molecule has 0 saturated carbocycles. The Morgan fingerprint density at radius 3 is 2.42 bits per heavy atom. The van der Waals surface area contributed by atoms with Gasteiger partial charge in [-0.05, 0) is 48.9 Å². The first-order valence-electron chi connectivity index (χ1n) is 9.95. The van der Waals surface area contributed by atoms with E-state index in [0.717, 1.165) is 5.56 Å². The van der Waals surface area contributed by atoms with Gasteiger partial charge in [0.1, 0.15) is 23.8 Å². The normalized spacial score (nSPS) is 26.2. The van der Waals surface area contributed by atoms with Gasteiger partial charge in [0, 0.05) is 10.6 Å². The van der Waals surface area contributed by atoms with Crippen LogP contribution in [0.15, 0.2) is 46.9 Å². The van der Waals surface area contributed by atoms with Gasteiger partial charge in [-0.3, -0.25) is 4.79 Å². The highest BCUT2D eigenvalue weighted by Crippen LogP contribution is 2.29. The molecule has 1 aliphatic heterocycles. The molecule has 174 valence electrons. The largest absolute Gasteiger partial charge is 0.479 e. The van der Waals surface area contributed by atoms with Gasteiger partial charge in [-0.15, -0.1) is 0 Å². The van der Waals surface area contributed by atoms with Gasteiger partial charge in [-0.25, -0.2) is 9.78 Å². The van der Waals surface area contributed by atoms with E-state index >= 15 is 0 Å². The van der Waals surface area contributed by atoms with Crippen molar-refractivity contribution in [2.75, 3.05) is 0 Å². The number of aliphatic carboxylic acids is 1. The number of halogens is 1. The number of esters is 1. The highest BCUT2D eigenvalue weighted by molar-refractivity contribution is 6.30. The SMILES string of the molecule is CC(C(=O)O[C@H]1O[C@@H](C(=O)O)[C@H](O)[C@@H](O)[C@@H]1O)c1ccc2oc(-c3ccc(Cl)cc3)nc2c1. The van der Waals surface area contributed by atoms with Crippen LogP contribution in [0.5, 0.6) is 0 Å². The molecule has 1 aromatic heterocycles. The number of carbonyl (C=O) groups is 2. The number of carbonyl (C=O) groups excluding carboxylic acids is 1. The number of nitrogens with zero attached hydrogens (tertiary/aromatic N) is 1. The number of hydrogen-bond donors (Lipinski definition) is 4. The lowest BCUT2D eigenvalue weighted by Crippen LogP contribution is -2.60. The third-order valence-corrected chi connectivity index (χ3v) is 5.65. The van der Waals surface area contributed by atoms with Gasteiger partial charge in [-0.1, -0.05) is 17.7 Å². The number of aliphatic hydroxyl groups is 3.